The molecule has 3 nitrogen and oxygen atoms in total. The predicted octanol–water partition coefficient (Wildman–Crippen LogP) is 3.76. The minimum atomic E-state index is 0.523. The van der Waals surface area contributed by atoms with Crippen molar-refractivity contribution < 1.29 is 9.47 Å². The van der Waals surface area contributed by atoms with E-state index in [0.29, 0.717) is 6.61 Å². The van der Waals surface area contributed by atoms with Gasteiger partial charge >= 0.3 is 0 Å². The molecule has 0 radical (unpaired) electrons. The molecule has 0 aliphatic carbocycles. The summed E-state index contributed by atoms with van der Waals surface area (Å²) in [7, 11) is 3.56. The number of hydrogen-bond donors (Lipinski definition) is 1. The van der Waals surface area contributed by atoms with Gasteiger partial charge in [-0.25, -0.2) is 0 Å². The predicted molar refractivity (Wildman–Crippen MR) is 84.2 cm³/mol. The molecule has 1 N–H and O–H groups in total. The van der Waals surface area contributed by atoms with E-state index < -0.39 is 0 Å². The average Bonchev–Trinajstić information content (AvgIpc) is 2.47. The summed E-state index contributed by atoms with van der Waals surface area (Å²) in [6.07, 6.45) is 0. The first kappa shape index (κ1) is 14.9. The zero-order chi connectivity index (χ0) is 14.4. The normalized spacial score (nSPS) is 10.3. The van der Waals surface area contributed by atoms with Gasteiger partial charge in [0.15, 0.2) is 11.5 Å². The van der Waals surface area contributed by atoms with Gasteiger partial charge in [0.1, 0.15) is 6.61 Å². The molecule has 0 atom stereocenters. The van der Waals surface area contributed by atoms with Gasteiger partial charge in [0.05, 0.1) is 7.11 Å². The van der Waals surface area contributed by atoms with Gasteiger partial charge in [-0.15, -0.1) is 0 Å². The van der Waals surface area contributed by atoms with Gasteiger partial charge in [-0.2, -0.15) is 0 Å². The largest absolute Gasteiger partial charge is 0.493 e. The molecule has 0 heterocycles. The van der Waals surface area contributed by atoms with E-state index in [1.807, 2.05) is 49.5 Å². The summed E-state index contributed by atoms with van der Waals surface area (Å²) in [6, 6.07) is 14.1. The minimum Gasteiger partial charge on any atom is -0.493 e. The van der Waals surface area contributed by atoms with Crippen molar-refractivity contribution in [3.05, 3.63) is 58.1 Å². The lowest BCUT2D eigenvalue weighted by atomic mass is 10.1. The van der Waals surface area contributed by atoms with Crippen molar-refractivity contribution in [2.75, 3.05) is 14.2 Å². The minimum absolute atomic E-state index is 0.523. The van der Waals surface area contributed by atoms with Crippen LogP contribution in [0.1, 0.15) is 11.1 Å². The van der Waals surface area contributed by atoms with E-state index in [0.717, 1.165) is 33.6 Å². The Bertz CT molecular complexity index is 558. The second kappa shape index (κ2) is 7.31. The first-order valence-corrected chi connectivity index (χ1v) is 7.21. The monoisotopic (exact) mass is 335 g/mol. The molecule has 0 aromatic heterocycles. The van der Waals surface area contributed by atoms with Crippen molar-refractivity contribution >= 4 is 15.9 Å². The SMILES string of the molecule is CNCc1cc(Br)cc(OC)c1OCc1ccccc1. The number of rotatable bonds is 6. The molecule has 4 heteroatoms. The van der Waals surface area contributed by atoms with Crippen LogP contribution in [0.5, 0.6) is 11.5 Å². The maximum atomic E-state index is 5.97. The standard InChI is InChI=1S/C16H18BrNO2/c1-18-10-13-8-14(17)9-15(19-2)16(13)20-11-12-6-4-3-5-7-12/h3-9,18H,10-11H2,1-2H3. The number of nitrogens with one attached hydrogen (secondary N) is 1. The summed E-state index contributed by atoms with van der Waals surface area (Å²) in [5.74, 6) is 1.52. The molecular weight excluding hydrogens is 318 g/mol. The van der Waals surface area contributed by atoms with Gasteiger partial charge in [-0.3, -0.25) is 0 Å². The highest BCUT2D eigenvalue weighted by Gasteiger charge is 2.12. The van der Waals surface area contributed by atoms with Gasteiger partial charge in [-0.05, 0) is 24.7 Å². The van der Waals surface area contributed by atoms with Crippen LogP contribution < -0.4 is 14.8 Å². The van der Waals surface area contributed by atoms with Crippen molar-refractivity contribution in [1.82, 2.24) is 5.32 Å². The van der Waals surface area contributed by atoms with Crippen LogP contribution in [0.15, 0.2) is 46.9 Å². The molecule has 2 rings (SSSR count). The van der Waals surface area contributed by atoms with E-state index in [1.54, 1.807) is 7.11 Å². The molecular formula is C16H18BrNO2. The molecule has 106 valence electrons. The Morgan fingerprint density at radius 3 is 2.55 bits per heavy atom. The highest BCUT2D eigenvalue weighted by Crippen LogP contribution is 2.35. The number of ether oxygens (including phenoxy) is 2. The quantitative estimate of drug-likeness (QED) is 0.871. The van der Waals surface area contributed by atoms with Crippen molar-refractivity contribution in [3.8, 4) is 11.5 Å². The lowest BCUT2D eigenvalue weighted by Gasteiger charge is -2.16. The molecule has 0 saturated heterocycles. The van der Waals surface area contributed by atoms with Crippen LogP contribution in [-0.4, -0.2) is 14.2 Å². The fraction of sp³-hybridized carbons (Fsp3) is 0.250. The topological polar surface area (TPSA) is 30.5 Å². The van der Waals surface area contributed by atoms with Gasteiger partial charge in [-0.1, -0.05) is 46.3 Å². The van der Waals surface area contributed by atoms with Crippen LogP contribution in [0.4, 0.5) is 0 Å². The number of hydrogen-bond acceptors (Lipinski definition) is 3. The molecule has 0 aliphatic heterocycles. The van der Waals surface area contributed by atoms with Gasteiger partial charge < -0.3 is 14.8 Å². The summed E-state index contributed by atoms with van der Waals surface area (Å²) >= 11 is 3.49. The van der Waals surface area contributed by atoms with Gasteiger partial charge in [0, 0.05) is 16.6 Å². The Morgan fingerprint density at radius 1 is 1.15 bits per heavy atom. The van der Waals surface area contributed by atoms with Crippen molar-refractivity contribution in [3.63, 3.8) is 0 Å². The molecule has 0 spiro atoms. The maximum Gasteiger partial charge on any atom is 0.166 e. The Labute approximate surface area is 128 Å². The summed E-state index contributed by atoms with van der Waals surface area (Å²) in [5.41, 5.74) is 2.20. The van der Waals surface area contributed by atoms with E-state index >= 15 is 0 Å². The highest BCUT2D eigenvalue weighted by atomic mass is 79.9. The maximum absolute atomic E-state index is 5.97. The fourth-order valence-corrected chi connectivity index (χ4v) is 2.47. The summed E-state index contributed by atoms with van der Waals surface area (Å²) < 4.78 is 12.4. The van der Waals surface area contributed by atoms with Crippen LogP contribution in [0.3, 0.4) is 0 Å². The van der Waals surface area contributed by atoms with Crippen molar-refractivity contribution in [2.45, 2.75) is 13.2 Å². The molecule has 0 saturated carbocycles. The fourth-order valence-electron chi connectivity index (χ4n) is 1.99. The highest BCUT2D eigenvalue weighted by molar-refractivity contribution is 9.10. The average molecular weight is 336 g/mol. The lowest BCUT2D eigenvalue weighted by molar-refractivity contribution is 0.281. The van der Waals surface area contributed by atoms with Gasteiger partial charge in [0.25, 0.3) is 0 Å². The molecule has 0 amide bonds. The van der Waals surface area contributed by atoms with Crippen molar-refractivity contribution in [1.29, 1.82) is 0 Å². The van der Waals surface area contributed by atoms with E-state index in [9.17, 15) is 0 Å². The van der Waals surface area contributed by atoms with E-state index in [4.69, 9.17) is 9.47 Å². The number of benzene rings is 2. The summed E-state index contributed by atoms with van der Waals surface area (Å²) in [4.78, 5) is 0. The number of methoxy groups -OCH3 is 1. The smallest absolute Gasteiger partial charge is 0.166 e. The molecule has 0 unspecified atom stereocenters. The zero-order valence-corrected chi connectivity index (χ0v) is 13.2. The molecule has 20 heavy (non-hydrogen) atoms. The van der Waals surface area contributed by atoms with Crippen LogP contribution in [0, 0.1) is 0 Å². The van der Waals surface area contributed by atoms with Gasteiger partial charge in [0.2, 0.25) is 0 Å². The van der Waals surface area contributed by atoms with Crippen LogP contribution in [0.2, 0.25) is 0 Å². The molecule has 0 bridgehead atoms. The zero-order valence-electron chi connectivity index (χ0n) is 11.7. The van der Waals surface area contributed by atoms with E-state index in [-0.39, 0.29) is 0 Å². The Balaban J connectivity index is 2.24. The summed E-state index contributed by atoms with van der Waals surface area (Å²) in [6.45, 7) is 1.25. The molecule has 2 aromatic rings. The van der Waals surface area contributed by atoms with E-state index in [2.05, 4.69) is 21.2 Å². The Kier molecular flexibility index (Phi) is 5.44. The first-order valence-electron chi connectivity index (χ1n) is 6.42. The van der Waals surface area contributed by atoms with E-state index in [1.165, 1.54) is 0 Å². The Morgan fingerprint density at radius 2 is 1.90 bits per heavy atom. The Hall–Kier alpha value is -1.52. The second-order valence-corrected chi connectivity index (χ2v) is 5.32. The third-order valence-electron chi connectivity index (χ3n) is 2.91. The van der Waals surface area contributed by atoms with Crippen LogP contribution in [0.25, 0.3) is 0 Å². The second-order valence-electron chi connectivity index (χ2n) is 4.40. The molecule has 2 aromatic carbocycles. The molecule has 0 aliphatic rings. The first-order chi connectivity index (χ1) is 9.74. The third kappa shape index (κ3) is 3.74. The third-order valence-corrected chi connectivity index (χ3v) is 3.37. The van der Waals surface area contributed by atoms with Crippen LogP contribution >= 0.6 is 15.9 Å². The van der Waals surface area contributed by atoms with Crippen molar-refractivity contribution in [2.24, 2.45) is 0 Å². The lowest BCUT2D eigenvalue weighted by Crippen LogP contribution is -2.08. The summed E-state index contributed by atoms with van der Waals surface area (Å²) in [5, 5.41) is 3.14. The van der Waals surface area contributed by atoms with Crippen LogP contribution in [-0.2, 0) is 13.2 Å². The molecule has 0 fully saturated rings. The number of halogens is 1.